The molecule has 0 bridgehead atoms. The Hall–Kier alpha value is -1.07. The molecule has 19 heavy (non-hydrogen) atoms. The summed E-state index contributed by atoms with van der Waals surface area (Å²) in [5.74, 6) is 0.640. The van der Waals surface area contributed by atoms with E-state index in [2.05, 4.69) is 22.9 Å². The molecule has 1 saturated heterocycles. The summed E-state index contributed by atoms with van der Waals surface area (Å²) >= 11 is 3.21. The van der Waals surface area contributed by atoms with E-state index in [1.54, 1.807) is 12.1 Å². The Balaban J connectivity index is 2.20. The number of carbonyl (C=O) groups excluding carboxylic acids is 1. The van der Waals surface area contributed by atoms with Gasteiger partial charge in [0.15, 0.2) is 0 Å². The van der Waals surface area contributed by atoms with Crippen LogP contribution in [0.2, 0.25) is 0 Å². The van der Waals surface area contributed by atoms with E-state index in [-0.39, 0.29) is 17.7 Å². The van der Waals surface area contributed by atoms with E-state index in [1.165, 1.54) is 6.07 Å². The van der Waals surface area contributed by atoms with Gasteiger partial charge in [0.05, 0.1) is 4.47 Å². The van der Waals surface area contributed by atoms with Crippen LogP contribution in [0, 0.1) is 5.92 Å². The lowest BCUT2D eigenvalue weighted by Crippen LogP contribution is -2.49. The molecule has 1 aromatic rings. The lowest BCUT2D eigenvalue weighted by atomic mass is 9.92. The lowest BCUT2D eigenvalue weighted by Gasteiger charge is -2.38. The first kappa shape index (κ1) is 14.3. The third-order valence-electron chi connectivity index (χ3n) is 3.70. The number of rotatable bonds is 2. The summed E-state index contributed by atoms with van der Waals surface area (Å²) < 4.78 is 0.590. The highest BCUT2D eigenvalue weighted by atomic mass is 79.9. The predicted molar refractivity (Wildman–Crippen MR) is 78.1 cm³/mol. The fourth-order valence-corrected chi connectivity index (χ4v) is 2.80. The minimum absolute atomic E-state index is 0.0508. The summed E-state index contributed by atoms with van der Waals surface area (Å²) in [4.78, 5) is 14.3. The van der Waals surface area contributed by atoms with E-state index in [4.69, 9.17) is 5.73 Å². The van der Waals surface area contributed by atoms with Crippen LogP contribution in [0.4, 0.5) is 0 Å². The Morgan fingerprint density at radius 3 is 2.95 bits per heavy atom. The van der Waals surface area contributed by atoms with Crippen molar-refractivity contribution in [1.29, 1.82) is 0 Å². The largest absolute Gasteiger partial charge is 0.507 e. The topological polar surface area (TPSA) is 66.6 Å². The molecule has 2 rings (SSSR count). The number of amides is 1. The molecule has 1 aliphatic rings. The molecule has 1 aromatic carbocycles. The van der Waals surface area contributed by atoms with Gasteiger partial charge in [0, 0.05) is 24.7 Å². The number of halogens is 1. The van der Waals surface area contributed by atoms with E-state index in [0.717, 1.165) is 19.4 Å². The standard InChI is InChI=1S/C14H19BrN2O2/c1-9-4-5-17(11(6-9)8-16)14(19)10-2-3-12(15)13(18)7-10/h2-3,7,9,11,18H,4-6,8,16H2,1H3. The molecule has 4 nitrogen and oxygen atoms in total. The molecule has 0 aliphatic carbocycles. The van der Waals surface area contributed by atoms with Crippen molar-refractivity contribution in [3.8, 4) is 5.75 Å². The van der Waals surface area contributed by atoms with Crippen molar-refractivity contribution in [2.75, 3.05) is 13.1 Å². The first-order valence-electron chi connectivity index (χ1n) is 6.52. The first-order valence-corrected chi connectivity index (χ1v) is 7.31. The minimum atomic E-state index is -0.0508. The summed E-state index contributed by atoms with van der Waals surface area (Å²) in [7, 11) is 0. The number of hydrogen-bond acceptors (Lipinski definition) is 3. The van der Waals surface area contributed by atoms with Crippen LogP contribution in [-0.2, 0) is 0 Å². The van der Waals surface area contributed by atoms with Crippen LogP contribution in [0.5, 0.6) is 5.75 Å². The maximum atomic E-state index is 12.5. The molecule has 0 aromatic heterocycles. The van der Waals surface area contributed by atoms with Crippen molar-refractivity contribution in [2.45, 2.75) is 25.8 Å². The minimum Gasteiger partial charge on any atom is -0.507 e. The molecule has 1 amide bonds. The Bertz CT molecular complexity index is 479. The quantitative estimate of drug-likeness (QED) is 0.876. The summed E-state index contributed by atoms with van der Waals surface area (Å²) in [6, 6.07) is 5.00. The van der Waals surface area contributed by atoms with Gasteiger partial charge in [-0.1, -0.05) is 6.92 Å². The van der Waals surface area contributed by atoms with Crippen LogP contribution in [-0.4, -0.2) is 35.0 Å². The van der Waals surface area contributed by atoms with Crippen molar-refractivity contribution in [2.24, 2.45) is 11.7 Å². The molecule has 5 heteroatoms. The van der Waals surface area contributed by atoms with Crippen molar-refractivity contribution >= 4 is 21.8 Å². The molecule has 104 valence electrons. The Labute approximate surface area is 121 Å². The molecular formula is C14H19BrN2O2. The molecule has 0 spiro atoms. The van der Waals surface area contributed by atoms with Crippen molar-refractivity contribution in [1.82, 2.24) is 4.90 Å². The molecular weight excluding hydrogens is 308 g/mol. The Morgan fingerprint density at radius 2 is 2.32 bits per heavy atom. The number of likely N-dealkylation sites (tertiary alicyclic amines) is 1. The highest BCUT2D eigenvalue weighted by Gasteiger charge is 2.29. The van der Waals surface area contributed by atoms with Crippen molar-refractivity contribution in [3.63, 3.8) is 0 Å². The van der Waals surface area contributed by atoms with E-state index in [9.17, 15) is 9.90 Å². The summed E-state index contributed by atoms with van der Waals surface area (Å²) in [6.45, 7) is 3.41. The zero-order valence-electron chi connectivity index (χ0n) is 11.0. The number of phenolic OH excluding ortho intramolecular Hbond substituents is 1. The van der Waals surface area contributed by atoms with Gasteiger partial charge < -0.3 is 15.7 Å². The zero-order chi connectivity index (χ0) is 14.0. The molecule has 0 saturated carbocycles. The van der Waals surface area contributed by atoms with Crippen molar-refractivity contribution < 1.29 is 9.90 Å². The highest BCUT2D eigenvalue weighted by molar-refractivity contribution is 9.10. The van der Waals surface area contributed by atoms with E-state index >= 15 is 0 Å². The molecule has 1 aliphatic heterocycles. The fraction of sp³-hybridized carbons (Fsp3) is 0.500. The van der Waals surface area contributed by atoms with Crippen molar-refractivity contribution in [3.05, 3.63) is 28.2 Å². The van der Waals surface area contributed by atoms with Crippen LogP contribution in [0.3, 0.4) is 0 Å². The fourth-order valence-electron chi connectivity index (χ4n) is 2.55. The molecule has 0 radical (unpaired) electrons. The third-order valence-corrected chi connectivity index (χ3v) is 4.37. The second-order valence-electron chi connectivity index (χ2n) is 5.18. The van der Waals surface area contributed by atoms with Gasteiger partial charge in [0.1, 0.15) is 5.75 Å². The van der Waals surface area contributed by atoms with E-state index in [0.29, 0.717) is 22.5 Å². The molecule has 1 heterocycles. The van der Waals surface area contributed by atoms with Gasteiger partial charge in [-0.15, -0.1) is 0 Å². The summed E-state index contributed by atoms with van der Waals surface area (Å²) in [6.07, 6.45) is 1.95. The third kappa shape index (κ3) is 3.09. The van der Waals surface area contributed by atoms with Crippen LogP contribution in [0.25, 0.3) is 0 Å². The first-order chi connectivity index (χ1) is 9.02. The normalized spacial score (nSPS) is 23.4. The number of nitrogens with zero attached hydrogens (tertiary/aromatic N) is 1. The van der Waals surface area contributed by atoms with Gasteiger partial charge in [-0.2, -0.15) is 0 Å². The molecule has 2 unspecified atom stereocenters. The average molecular weight is 327 g/mol. The smallest absolute Gasteiger partial charge is 0.254 e. The van der Waals surface area contributed by atoms with Crippen LogP contribution < -0.4 is 5.73 Å². The second-order valence-corrected chi connectivity index (χ2v) is 6.04. The van der Waals surface area contributed by atoms with Gasteiger partial charge in [-0.05, 0) is 52.9 Å². The van der Waals surface area contributed by atoms with E-state index < -0.39 is 0 Å². The molecule has 2 atom stereocenters. The Morgan fingerprint density at radius 1 is 1.58 bits per heavy atom. The monoisotopic (exact) mass is 326 g/mol. The number of carbonyl (C=O) groups is 1. The number of benzene rings is 1. The number of nitrogens with two attached hydrogens (primary N) is 1. The average Bonchev–Trinajstić information content (AvgIpc) is 2.41. The zero-order valence-corrected chi connectivity index (χ0v) is 12.6. The van der Waals surface area contributed by atoms with E-state index in [1.807, 2.05) is 4.90 Å². The maximum absolute atomic E-state index is 12.5. The highest BCUT2D eigenvalue weighted by Crippen LogP contribution is 2.27. The number of hydrogen-bond donors (Lipinski definition) is 2. The summed E-state index contributed by atoms with van der Waals surface area (Å²) in [5.41, 5.74) is 6.28. The predicted octanol–water partition coefficient (Wildman–Crippen LogP) is 2.35. The molecule has 3 N–H and O–H groups in total. The number of phenols is 1. The van der Waals surface area contributed by atoms with Gasteiger partial charge in [0.25, 0.3) is 5.91 Å². The Kier molecular flexibility index (Phi) is 4.47. The van der Waals surface area contributed by atoms with Gasteiger partial charge in [-0.3, -0.25) is 4.79 Å². The van der Waals surface area contributed by atoms with Gasteiger partial charge >= 0.3 is 0 Å². The van der Waals surface area contributed by atoms with Gasteiger partial charge in [-0.25, -0.2) is 0 Å². The molecule has 1 fully saturated rings. The van der Waals surface area contributed by atoms with Crippen LogP contribution in [0.15, 0.2) is 22.7 Å². The SMILES string of the molecule is CC1CCN(C(=O)c2ccc(Br)c(O)c2)C(CN)C1. The second kappa shape index (κ2) is 5.92. The lowest BCUT2D eigenvalue weighted by molar-refractivity contribution is 0.0573. The van der Waals surface area contributed by atoms with Gasteiger partial charge in [0.2, 0.25) is 0 Å². The summed E-state index contributed by atoms with van der Waals surface area (Å²) in [5, 5.41) is 9.67. The number of aromatic hydroxyl groups is 1. The van der Waals surface area contributed by atoms with Crippen LogP contribution in [0.1, 0.15) is 30.1 Å². The number of piperidine rings is 1. The van der Waals surface area contributed by atoms with Crippen LogP contribution >= 0.6 is 15.9 Å². The maximum Gasteiger partial charge on any atom is 0.254 e.